The smallest absolute Gasteiger partial charge is 0.159 e. The standard InChI is InChI=1S/C24H22ClN5O/c1-31-20-13-12-18(25)14-19(20)29-23-21(26)24(28-15-27-23)30-22(16-8-4-2-5-9-16)17-10-6-3-7-11-17/h2-15,22H,26H2,1H3,(H2,27,28,29,30). The van der Waals surface area contributed by atoms with Gasteiger partial charge in [-0.3, -0.25) is 0 Å². The van der Waals surface area contributed by atoms with Crippen LogP contribution in [0.15, 0.2) is 85.2 Å². The quantitative estimate of drug-likeness (QED) is 0.350. The SMILES string of the molecule is COc1ccc(Cl)cc1Nc1ncnc(NC(c2ccccc2)c2ccccc2)c1N. The second kappa shape index (κ2) is 9.36. The normalized spacial score (nSPS) is 10.7. The monoisotopic (exact) mass is 431 g/mol. The van der Waals surface area contributed by atoms with E-state index in [2.05, 4.69) is 44.9 Å². The van der Waals surface area contributed by atoms with E-state index in [1.807, 2.05) is 36.4 Å². The lowest BCUT2D eigenvalue weighted by Crippen LogP contribution is -2.15. The molecule has 0 aliphatic rings. The zero-order valence-corrected chi connectivity index (χ0v) is 17.7. The number of rotatable bonds is 7. The third-order valence-corrected chi connectivity index (χ3v) is 5.08. The molecule has 0 aliphatic heterocycles. The Bertz CT molecular complexity index is 1120. The molecule has 1 aromatic heterocycles. The number of halogens is 1. The van der Waals surface area contributed by atoms with Crippen LogP contribution in [-0.2, 0) is 0 Å². The molecule has 4 rings (SSSR count). The van der Waals surface area contributed by atoms with Crippen LogP contribution in [0.3, 0.4) is 0 Å². The molecule has 0 radical (unpaired) electrons. The van der Waals surface area contributed by atoms with E-state index in [-0.39, 0.29) is 6.04 Å². The topological polar surface area (TPSA) is 85.1 Å². The fraction of sp³-hybridized carbons (Fsp3) is 0.0833. The Labute approximate surface area is 186 Å². The molecular formula is C24H22ClN5O. The minimum absolute atomic E-state index is 0.131. The van der Waals surface area contributed by atoms with Crippen molar-refractivity contribution in [2.24, 2.45) is 0 Å². The lowest BCUT2D eigenvalue weighted by molar-refractivity contribution is 0.417. The summed E-state index contributed by atoms with van der Waals surface area (Å²) in [6, 6.07) is 25.4. The number of methoxy groups -OCH3 is 1. The summed E-state index contributed by atoms with van der Waals surface area (Å²) >= 11 is 6.14. The van der Waals surface area contributed by atoms with E-state index < -0.39 is 0 Å². The van der Waals surface area contributed by atoms with Crippen molar-refractivity contribution in [2.45, 2.75) is 6.04 Å². The highest BCUT2D eigenvalue weighted by molar-refractivity contribution is 6.31. The molecule has 1 heterocycles. The maximum absolute atomic E-state index is 6.44. The predicted molar refractivity (Wildman–Crippen MR) is 126 cm³/mol. The second-order valence-electron chi connectivity index (χ2n) is 6.85. The number of nitrogen functional groups attached to an aromatic ring is 1. The molecule has 0 saturated carbocycles. The molecule has 0 spiro atoms. The van der Waals surface area contributed by atoms with Crippen LogP contribution < -0.4 is 21.1 Å². The molecule has 0 fully saturated rings. The fourth-order valence-corrected chi connectivity index (χ4v) is 3.47. The zero-order chi connectivity index (χ0) is 21.6. The van der Waals surface area contributed by atoms with Crippen LogP contribution in [0.25, 0.3) is 0 Å². The summed E-state index contributed by atoms with van der Waals surface area (Å²) in [5.41, 5.74) is 9.68. The fourth-order valence-electron chi connectivity index (χ4n) is 3.30. The summed E-state index contributed by atoms with van der Waals surface area (Å²) in [7, 11) is 1.59. The van der Waals surface area contributed by atoms with Crippen molar-refractivity contribution in [2.75, 3.05) is 23.5 Å². The number of nitrogens with one attached hydrogen (secondary N) is 2. The molecule has 4 N–H and O–H groups in total. The van der Waals surface area contributed by atoms with Crippen molar-refractivity contribution >= 4 is 34.6 Å². The molecule has 156 valence electrons. The van der Waals surface area contributed by atoms with Crippen LogP contribution in [-0.4, -0.2) is 17.1 Å². The van der Waals surface area contributed by atoms with Gasteiger partial charge in [-0.15, -0.1) is 0 Å². The van der Waals surface area contributed by atoms with Crippen molar-refractivity contribution in [3.63, 3.8) is 0 Å². The van der Waals surface area contributed by atoms with Crippen LogP contribution in [0.2, 0.25) is 5.02 Å². The minimum atomic E-state index is -0.131. The molecule has 0 saturated heterocycles. The zero-order valence-electron chi connectivity index (χ0n) is 16.9. The first-order chi connectivity index (χ1) is 15.2. The van der Waals surface area contributed by atoms with Gasteiger partial charge in [0.1, 0.15) is 17.8 Å². The van der Waals surface area contributed by atoms with E-state index in [0.717, 1.165) is 11.1 Å². The summed E-state index contributed by atoms with van der Waals surface area (Å²) in [5, 5.41) is 7.24. The molecule has 0 aliphatic carbocycles. The van der Waals surface area contributed by atoms with E-state index in [4.69, 9.17) is 22.1 Å². The third kappa shape index (κ3) is 4.70. The van der Waals surface area contributed by atoms with Gasteiger partial charge in [-0.25, -0.2) is 9.97 Å². The Balaban J connectivity index is 1.68. The van der Waals surface area contributed by atoms with Gasteiger partial charge in [0.15, 0.2) is 11.6 Å². The Kier molecular flexibility index (Phi) is 6.19. The van der Waals surface area contributed by atoms with Gasteiger partial charge in [-0.05, 0) is 29.3 Å². The number of ether oxygens (including phenoxy) is 1. The van der Waals surface area contributed by atoms with E-state index in [9.17, 15) is 0 Å². The molecule has 31 heavy (non-hydrogen) atoms. The van der Waals surface area contributed by atoms with E-state index in [0.29, 0.717) is 33.8 Å². The van der Waals surface area contributed by atoms with E-state index in [1.165, 1.54) is 6.33 Å². The third-order valence-electron chi connectivity index (χ3n) is 4.85. The number of nitrogens with two attached hydrogens (primary N) is 1. The van der Waals surface area contributed by atoms with Crippen molar-refractivity contribution in [1.82, 2.24) is 9.97 Å². The molecule has 4 aromatic rings. The highest BCUT2D eigenvalue weighted by atomic mass is 35.5. The number of hydrogen-bond acceptors (Lipinski definition) is 6. The molecule has 0 atom stereocenters. The highest BCUT2D eigenvalue weighted by Gasteiger charge is 2.18. The molecule has 0 amide bonds. The van der Waals surface area contributed by atoms with Gasteiger partial charge in [0.25, 0.3) is 0 Å². The van der Waals surface area contributed by atoms with Crippen molar-refractivity contribution in [1.29, 1.82) is 0 Å². The van der Waals surface area contributed by atoms with Gasteiger partial charge in [0, 0.05) is 5.02 Å². The van der Waals surface area contributed by atoms with Crippen LogP contribution in [0.1, 0.15) is 17.2 Å². The number of anilines is 4. The van der Waals surface area contributed by atoms with Crippen molar-refractivity contribution < 1.29 is 4.74 Å². The van der Waals surface area contributed by atoms with Crippen LogP contribution >= 0.6 is 11.6 Å². The van der Waals surface area contributed by atoms with E-state index in [1.54, 1.807) is 25.3 Å². The van der Waals surface area contributed by atoms with Crippen molar-refractivity contribution in [3.05, 3.63) is 101 Å². The number of benzene rings is 3. The van der Waals surface area contributed by atoms with Crippen LogP contribution in [0.5, 0.6) is 5.75 Å². The average Bonchev–Trinajstić information content (AvgIpc) is 2.81. The van der Waals surface area contributed by atoms with E-state index >= 15 is 0 Å². The number of hydrogen-bond donors (Lipinski definition) is 3. The number of nitrogens with zero attached hydrogens (tertiary/aromatic N) is 2. The second-order valence-corrected chi connectivity index (χ2v) is 7.29. The van der Waals surface area contributed by atoms with Gasteiger partial charge in [0.2, 0.25) is 0 Å². The van der Waals surface area contributed by atoms with Crippen LogP contribution in [0.4, 0.5) is 23.0 Å². The highest BCUT2D eigenvalue weighted by Crippen LogP contribution is 2.35. The summed E-state index contributed by atoms with van der Waals surface area (Å²) in [6.07, 6.45) is 1.46. The molecule has 3 aromatic carbocycles. The predicted octanol–water partition coefficient (Wildman–Crippen LogP) is 5.67. The average molecular weight is 432 g/mol. The summed E-state index contributed by atoms with van der Waals surface area (Å²) in [4.78, 5) is 8.69. The lowest BCUT2D eigenvalue weighted by Gasteiger charge is -2.22. The molecule has 6 nitrogen and oxygen atoms in total. The first kappa shape index (κ1) is 20.5. The Morgan fingerprint density at radius 2 is 1.48 bits per heavy atom. The summed E-state index contributed by atoms with van der Waals surface area (Å²) < 4.78 is 5.40. The Morgan fingerprint density at radius 3 is 2.10 bits per heavy atom. The van der Waals surface area contributed by atoms with Gasteiger partial charge in [-0.2, -0.15) is 0 Å². The number of aromatic nitrogens is 2. The van der Waals surface area contributed by atoms with Crippen LogP contribution in [0, 0.1) is 0 Å². The van der Waals surface area contributed by atoms with Gasteiger partial charge >= 0.3 is 0 Å². The Morgan fingerprint density at radius 1 is 0.871 bits per heavy atom. The maximum Gasteiger partial charge on any atom is 0.159 e. The van der Waals surface area contributed by atoms with Gasteiger partial charge < -0.3 is 21.1 Å². The first-order valence-corrected chi connectivity index (χ1v) is 10.1. The molecule has 7 heteroatoms. The molecule has 0 bridgehead atoms. The molecule has 0 unspecified atom stereocenters. The first-order valence-electron chi connectivity index (χ1n) is 9.73. The summed E-state index contributed by atoms with van der Waals surface area (Å²) in [6.45, 7) is 0. The lowest BCUT2D eigenvalue weighted by atomic mass is 9.99. The molecular weight excluding hydrogens is 410 g/mol. The van der Waals surface area contributed by atoms with Crippen molar-refractivity contribution in [3.8, 4) is 5.75 Å². The Hall–Kier alpha value is -3.77. The largest absolute Gasteiger partial charge is 0.495 e. The minimum Gasteiger partial charge on any atom is -0.495 e. The van der Waals surface area contributed by atoms with Gasteiger partial charge in [-0.1, -0.05) is 72.3 Å². The maximum atomic E-state index is 6.44. The summed E-state index contributed by atoms with van der Waals surface area (Å²) in [5.74, 6) is 1.61. The van der Waals surface area contributed by atoms with Gasteiger partial charge in [0.05, 0.1) is 18.8 Å².